The summed E-state index contributed by atoms with van der Waals surface area (Å²) in [6.07, 6.45) is -0.613. The van der Waals surface area contributed by atoms with Gasteiger partial charge in [0.25, 0.3) is 0 Å². The Labute approximate surface area is 135 Å². The number of benzene rings is 1. The van der Waals surface area contributed by atoms with Gasteiger partial charge in [0.05, 0.1) is 13.0 Å². The topological polar surface area (TPSA) is 29.5 Å². The van der Waals surface area contributed by atoms with E-state index in [-0.39, 0.29) is 12.5 Å². The summed E-state index contributed by atoms with van der Waals surface area (Å²) in [5.41, 5.74) is 0. The summed E-state index contributed by atoms with van der Waals surface area (Å²) >= 11 is 12.2. The Balaban J connectivity index is 2.77. The second kappa shape index (κ2) is 7.02. The molecular formula is C9H8ClI3O2. The molecule has 0 saturated carbocycles. The van der Waals surface area contributed by atoms with E-state index in [2.05, 4.69) is 67.8 Å². The molecule has 0 heterocycles. The van der Waals surface area contributed by atoms with Crippen LogP contribution in [-0.4, -0.2) is 23.7 Å². The van der Waals surface area contributed by atoms with Crippen LogP contribution in [0.4, 0.5) is 0 Å². The highest BCUT2D eigenvalue weighted by atomic mass is 127. The number of aliphatic hydroxyl groups is 1. The van der Waals surface area contributed by atoms with Gasteiger partial charge in [0, 0.05) is 3.57 Å². The molecule has 0 aliphatic carbocycles. The molecule has 1 rings (SSSR count). The van der Waals surface area contributed by atoms with Crippen LogP contribution in [0.15, 0.2) is 12.1 Å². The molecule has 1 N–H and O–H groups in total. The predicted octanol–water partition coefficient (Wildman–Crippen LogP) is 3.48. The molecule has 84 valence electrons. The molecule has 0 bridgehead atoms. The Morgan fingerprint density at radius 2 is 1.80 bits per heavy atom. The minimum absolute atomic E-state index is 0.192. The van der Waals surface area contributed by atoms with Crippen LogP contribution in [0, 0.1) is 10.7 Å². The molecule has 0 spiro atoms. The van der Waals surface area contributed by atoms with E-state index in [4.69, 9.17) is 16.3 Å². The summed E-state index contributed by atoms with van der Waals surface area (Å²) in [6, 6.07) is 4.07. The molecule has 2 nitrogen and oxygen atoms in total. The lowest BCUT2D eigenvalue weighted by Gasteiger charge is -2.13. The zero-order valence-electron chi connectivity index (χ0n) is 7.51. The van der Waals surface area contributed by atoms with Crippen LogP contribution < -0.4 is 4.74 Å². The molecule has 1 aromatic carbocycles. The zero-order valence-corrected chi connectivity index (χ0v) is 14.7. The van der Waals surface area contributed by atoms with Gasteiger partial charge in [-0.3, -0.25) is 0 Å². The molecule has 0 radical (unpaired) electrons. The molecule has 0 amide bonds. The second-order valence-corrected chi connectivity index (χ2v) is 6.70. The van der Waals surface area contributed by atoms with Gasteiger partial charge in [0.1, 0.15) is 18.5 Å². The van der Waals surface area contributed by atoms with Crippen molar-refractivity contribution in [2.24, 2.45) is 0 Å². The fourth-order valence-electron chi connectivity index (χ4n) is 0.891. The van der Waals surface area contributed by atoms with Gasteiger partial charge in [-0.25, -0.2) is 0 Å². The van der Waals surface area contributed by atoms with Crippen LogP contribution >= 0.6 is 79.4 Å². The normalized spacial score (nSPS) is 12.6. The van der Waals surface area contributed by atoms with E-state index < -0.39 is 6.10 Å². The Morgan fingerprint density at radius 3 is 2.27 bits per heavy atom. The second-order valence-electron chi connectivity index (χ2n) is 2.82. The quantitative estimate of drug-likeness (QED) is 0.449. The third kappa shape index (κ3) is 4.68. The number of ether oxygens (including phenoxy) is 1. The number of alkyl halides is 1. The Morgan fingerprint density at radius 1 is 1.27 bits per heavy atom. The maximum absolute atomic E-state index is 9.29. The monoisotopic (exact) mass is 564 g/mol. The molecule has 0 fully saturated rings. The molecule has 1 aromatic rings. The molecule has 15 heavy (non-hydrogen) atoms. The average molecular weight is 564 g/mol. The highest BCUT2D eigenvalue weighted by molar-refractivity contribution is 14.1. The van der Waals surface area contributed by atoms with Crippen LogP contribution in [0.2, 0.25) is 0 Å². The maximum Gasteiger partial charge on any atom is 0.146 e. The third-order valence-corrected chi connectivity index (χ3v) is 4.14. The van der Waals surface area contributed by atoms with E-state index in [1.807, 2.05) is 12.1 Å². The van der Waals surface area contributed by atoms with Gasteiger partial charge in [-0.15, -0.1) is 11.6 Å². The van der Waals surface area contributed by atoms with E-state index in [0.717, 1.165) is 12.9 Å². The number of halogens is 4. The van der Waals surface area contributed by atoms with Crippen LogP contribution in [-0.2, 0) is 0 Å². The van der Waals surface area contributed by atoms with Gasteiger partial charge >= 0.3 is 0 Å². The first-order chi connectivity index (χ1) is 7.04. The van der Waals surface area contributed by atoms with Gasteiger partial charge < -0.3 is 9.84 Å². The van der Waals surface area contributed by atoms with Crippen LogP contribution in [0.1, 0.15) is 0 Å². The smallest absolute Gasteiger partial charge is 0.146 e. The van der Waals surface area contributed by atoms with Crippen molar-refractivity contribution in [3.63, 3.8) is 0 Å². The van der Waals surface area contributed by atoms with Gasteiger partial charge in [0.2, 0.25) is 0 Å². The number of hydrogen-bond donors (Lipinski definition) is 1. The first-order valence-electron chi connectivity index (χ1n) is 4.06. The van der Waals surface area contributed by atoms with E-state index in [0.29, 0.717) is 0 Å². The van der Waals surface area contributed by atoms with Gasteiger partial charge in [-0.1, -0.05) is 0 Å². The van der Waals surface area contributed by atoms with Crippen molar-refractivity contribution in [2.45, 2.75) is 6.10 Å². The van der Waals surface area contributed by atoms with E-state index >= 15 is 0 Å². The Bertz CT molecular complexity index is 323. The fraction of sp³-hybridized carbons (Fsp3) is 0.333. The molecule has 1 unspecified atom stereocenters. The zero-order chi connectivity index (χ0) is 11.4. The van der Waals surface area contributed by atoms with Crippen LogP contribution in [0.25, 0.3) is 0 Å². The van der Waals surface area contributed by atoms with Crippen molar-refractivity contribution in [2.75, 3.05) is 12.5 Å². The van der Waals surface area contributed by atoms with Gasteiger partial charge in [-0.05, 0) is 79.9 Å². The van der Waals surface area contributed by atoms with Crippen molar-refractivity contribution in [3.05, 3.63) is 22.8 Å². The summed E-state index contributed by atoms with van der Waals surface area (Å²) in [7, 11) is 0. The minimum atomic E-state index is -0.613. The van der Waals surface area contributed by atoms with Gasteiger partial charge in [-0.2, -0.15) is 0 Å². The van der Waals surface area contributed by atoms with Gasteiger partial charge in [0.15, 0.2) is 0 Å². The molecule has 0 aliphatic rings. The number of hydrogen-bond acceptors (Lipinski definition) is 2. The highest BCUT2D eigenvalue weighted by Gasteiger charge is 2.10. The maximum atomic E-state index is 9.29. The lowest BCUT2D eigenvalue weighted by Crippen LogP contribution is -2.19. The van der Waals surface area contributed by atoms with E-state index in [9.17, 15) is 5.11 Å². The third-order valence-electron chi connectivity index (χ3n) is 1.56. The Hall–Kier alpha value is 1.46. The van der Waals surface area contributed by atoms with Crippen molar-refractivity contribution in [1.82, 2.24) is 0 Å². The minimum Gasteiger partial charge on any atom is -0.489 e. The summed E-state index contributed by atoms with van der Waals surface area (Å²) in [4.78, 5) is 0. The van der Waals surface area contributed by atoms with E-state index in [1.54, 1.807) is 0 Å². The first kappa shape index (κ1) is 14.5. The SMILES string of the molecule is OC(CCl)COc1c(I)cc(I)cc1I. The van der Waals surface area contributed by atoms with Crippen molar-refractivity contribution < 1.29 is 9.84 Å². The standard InChI is InChI=1S/C9H8ClI3O2/c10-3-6(14)4-15-9-7(12)1-5(11)2-8(9)13/h1-2,6,14H,3-4H2. The molecule has 6 heteroatoms. The molecule has 0 aliphatic heterocycles. The summed E-state index contributed by atoms with van der Waals surface area (Å²) in [5.74, 6) is 1.01. The Kier molecular flexibility index (Phi) is 6.79. The predicted molar refractivity (Wildman–Crippen MR) is 86.8 cm³/mol. The van der Waals surface area contributed by atoms with Crippen molar-refractivity contribution in [3.8, 4) is 5.75 Å². The molecule has 0 saturated heterocycles. The molecular weight excluding hydrogens is 556 g/mol. The summed E-state index contributed by atoms with van der Waals surface area (Å²) < 4.78 is 8.79. The highest BCUT2D eigenvalue weighted by Crippen LogP contribution is 2.29. The van der Waals surface area contributed by atoms with Crippen molar-refractivity contribution in [1.29, 1.82) is 0 Å². The summed E-state index contributed by atoms with van der Waals surface area (Å²) in [6.45, 7) is 0.232. The van der Waals surface area contributed by atoms with Crippen molar-refractivity contribution >= 4 is 79.4 Å². The first-order valence-corrected chi connectivity index (χ1v) is 7.83. The molecule has 0 aromatic heterocycles. The average Bonchev–Trinajstić information content (AvgIpc) is 2.15. The van der Waals surface area contributed by atoms with Crippen LogP contribution in [0.5, 0.6) is 5.75 Å². The summed E-state index contributed by atoms with van der Waals surface area (Å²) in [5, 5.41) is 9.29. The van der Waals surface area contributed by atoms with E-state index in [1.165, 1.54) is 3.57 Å². The molecule has 1 atom stereocenters. The lowest BCUT2D eigenvalue weighted by molar-refractivity contribution is 0.124. The largest absolute Gasteiger partial charge is 0.489 e. The number of rotatable bonds is 4. The fourth-order valence-corrected chi connectivity index (χ4v) is 4.87. The van der Waals surface area contributed by atoms with Crippen LogP contribution in [0.3, 0.4) is 0 Å². The lowest BCUT2D eigenvalue weighted by atomic mass is 10.3. The number of aliphatic hydroxyl groups excluding tert-OH is 1.